The molecule has 1 aromatic rings. The molecule has 0 radical (unpaired) electrons. The van der Waals surface area contributed by atoms with Crippen LogP contribution in [0.3, 0.4) is 0 Å². The molecule has 1 atom stereocenters. The minimum Gasteiger partial charge on any atom is -0.405 e. The lowest BCUT2D eigenvalue weighted by atomic mass is 10.0. The van der Waals surface area contributed by atoms with Gasteiger partial charge in [-0.3, -0.25) is 4.79 Å². The van der Waals surface area contributed by atoms with Crippen LogP contribution in [0.2, 0.25) is 10.0 Å². The van der Waals surface area contributed by atoms with Gasteiger partial charge in [0.2, 0.25) is 13.9 Å². The summed E-state index contributed by atoms with van der Waals surface area (Å²) < 4.78 is 0. The van der Waals surface area contributed by atoms with E-state index < -0.39 is 6.10 Å². The summed E-state index contributed by atoms with van der Waals surface area (Å²) in [5.74, 6) is -0.222. The maximum atomic E-state index is 12.6. The van der Waals surface area contributed by atoms with Gasteiger partial charge in [0, 0.05) is 18.2 Å². The fraction of sp³-hybridized carbons (Fsp3) is 0.312. The summed E-state index contributed by atoms with van der Waals surface area (Å²) in [6.45, 7) is 0.119. The lowest BCUT2D eigenvalue weighted by Gasteiger charge is -2.24. The summed E-state index contributed by atoms with van der Waals surface area (Å²) in [6, 6.07) is 3.64. The summed E-state index contributed by atoms with van der Waals surface area (Å²) in [7, 11) is 1.65. The summed E-state index contributed by atoms with van der Waals surface area (Å²) in [6.07, 6.45) is 4.66. The predicted molar refractivity (Wildman–Crippen MR) is 99.2 cm³/mol. The molecule has 0 bridgehead atoms. The molecule has 8 heteroatoms. The highest BCUT2D eigenvalue weighted by Crippen LogP contribution is 2.34. The number of hydrogen-bond donors (Lipinski definition) is 3. The normalized spacial score (nSPS) is 16.4. The second-order valence-corrected chi connectivity index (χ2v) is 6.74. The van der Waals surface area contributed by atoms with Crippen LogP contribution >= 0.6 is 23.2 Å². The standard InChI is InChI=1S/C16H20BCl2N3O2/c17-22(8-15(23)14(21)2-1-3-20)16(24)11-4-9-6-12(18)13(19)7-10(9)5-11/h1-3,6-7,11,15,23H,4-5,8,17,20-21H2/b3-1-,14-2-. The predicted octanol–water partition coefficient (Wildman–Crippen LogP) is 0.761. The van der Waals surface area contributed by atoms with E-state index in [1.165, 1.54) is 23.2 Å². The van der Waals surface area contributed by atoms with Gasteiger partial charge in [0.1, 0.15) is 6.10 Å². The van der Waals surface area contributed by atoms with E-state index in [0.29, 0.717) is 22.9 Å². The number of rotatable bonds is 5. The number of carbonyl (C=O) groups is 1. The third kappa shape index (κ3) is 4.26. The van der Waals surface area contributed by atoms with Crippen LogP contribution in [0.15, 0.2) is 36.2 Å². The first-order chi connectivity index (χ1) is 11.3. The second kappa shape index (κ2) is 7.97. The van der Waals surface area contributed by atoms with Crippen molar-refractivity contribution in [2.45, 2.75) is 18.9 Å². The molecule has 0 spiro atoms. The molecule has 0 aliphatic heterocycles. The molecule has 1 amide bonds. The molecule has 0 saturated heterocycles. The molecule has 0 aromatic heterocycles. The van der Waals surface area contributed by atoms with Crippen molar-refractivity contribution in [1.82, 2.24) is 4.81 Å². The number of benzene rings is 1. The number of carbonyl (C=O) groups excluding carboxylic acids is 1. The lowest BCUT2D eigenvalue weighted by molar-refractivity contribution is -0.131. The number of nitrogens with zero attached hydrogens (tertiary/aromatic N) is 1. The van der Waals surface area contributed by atoms with Gasteiger partial charge < -0.3 is 21.4 Å². The van der Waals surface area contributed by atoms with Gasteiger partial charge in [-0.1, -0.05) is 23.2 Å². The van der Waals surface area contributed by atoms with Gasteiger partial charge in [-0.2, -0.15) is 0 Å². The van der Waals surface area contributed by atoms with Crippen LogP contribution in [-0.2, 0) is 17.6 Å². The number of halogens is 2. The number of allylic oxidation sites excluding steroid dienone is 2. The zero-order valence-electron chi connectivity index (χ0n) is 13.4. The van der Waals surface area contributed by atoms with Crippen molar-refractivity contribution in [2.24, 2.45) is 17.4 Å². The summed E-state index contributed by atoms with van der Waals surface area (Å²) in [5.41, 5.74) is 13.3. The van der Waals surface area contributed by atoms with Crippen molar-refractivity contribution in [2.75, 3.05) is 6.54 Å². The van der Waals surface area contributed by atoms with Crippen molar-refractivity contribution < 1.29 is 9.90 Å². The lowest BCUT2D eigenvalue weighted by Crippen LogP contribution is -2.41. The third-order valence-electron chi connectivity index (χ3n) is 4.13. The van der Waals surface area contributed by atoms with Gasteiger partial charge in [-0.05, 0) is 54.5 Å². The molecule has 128 valence electrons. The molecule has 1 aliphatic rings. The van der Waals surface area contributed by atoms with Crippen LogP contribution in [0.5, 0.6) is 0 Å². The van der Waals surface area contributed by atoms with E-state index in [0.717, 1.165) is 11.1 Å². The molecule has 0 fully saturated rings. The van der Waals surface area contributed by atoms with E-state index in [1.54, 1.807) is 7.98 Å². The number of hydrogen-bond acceptors (Lipinski definition) is 4. The maximum Gasteiger partial charge on any atom is 0.221 e. The Morgan fingerprint density at radius 1 is 1.38 bits per heavy atom. The van der Waals surface area contributed by atoms with Crippen LogP contribution in [0, 0.1) is 5.92 Å². The highest BCUT2D eigenvalue weighted by atomic mass is 35.5. The molecule has 0 heterocycles. The SMILES string of the molecule is BN(CC(O)/C(N)=C/C=C\N)C(=O)C1Cc2cc(Cl)c(Cl)cc2C1. The van der Waals surface area contributed by atoms with E-state index in [4.69, 9.17) is 34.7 Å². The summed E-state index contributed by atoms with van der Waals surface area (Å²) in [4.78, 5) is 14.1. The van der Waals surface area contributed by atoms with Crippen molar-refractivity contribution in [3.05, 3.63) is 57.4 Å². The van der Waals surface area contributed by atoms with Crippen LogP contribution in [-0.4, -0.2) is 36.5 Å². The summed E-state index contributed by atoms with van der Waals surface area (Å²) in [5, 5.41) is 11.1. The molecule has 5 nitrogen and oxygen atoms in total. The Morgan fingerprint density at radius 2 is 1.92 bits per heavy atom. The largest absolute Gasteiger partial charge is 0.405 e. The molecule has 0 saturated carbocycles. The zero-order chi connectivity index (χ0) is 17.9. The Kier molecular flexibility index (Phi) is 6.21. The fourth-order valence-electron chi connectivity index (χ4n) is 2.83. The van der Waals surface area contributed by atoms with Gasteiger partial charge in [0.05, 0.1) is 10.0 Å². The van der Waals surface area contributed by atoms with E-state index >= 15 is 0 Å². The first kappa shape index (κ1) is 18.7. The van der Waals surface area contributed by atoms with Gasteiger partial charge in [0.15, 0.2) is 0 Å². The van der Waals surface area contributed by atoms with Crippen LogP contribution in [0.25, 0.3) is 0 Å². The number of nitrogens with two attached hydrogens (primary N) is 2. The Morgan fingerprint density at radius 3 is 2.42 bits per heavy atom. The number of amides is 1. The molecule has 1 aliphatic carbocycles. The highest BCUT2D eigenvalue weighted by molar-refractivity contribution is 6.42. The molecular formula is C16H20BCl2N3O2. The van der Waals surface area contributed by atoms with E-state index in [-0.39, 0.29) is 24.1 Å². The minimum atomic E-state index is -0.942. The van der Waals surface area contributed by atoms with Crippen molar-refractivity contribution >= 4 is 37.1 Å². The van der Waals surface area contributed by atoms with E-state index in [1.807, 2.05) is 12.1 Å². The Bertz CT molecular complexity index is 663. The fourth-order valence-corrected chi connectivity index (χ4v) is 3.20. The van der Waals surface area contributed by atoms with E-state index in [2.05, 4.69) is 0 Å². The first-order valence-electron chi connectivity index (χ1n) is 7.57. The van der Waals surface area contributed by atoms with Crippen LogP contribution < -0.4 is 11.5 Å². The molecule has 2 rings (SSSR count). The first-order valence-corrected chi connectivity index (χ1v) is 8.32. The van der Waals surface area contributed by atoms with Crippen molar-refractivity contribution in [1.29, 1.82) is 0 Å². The van der Waals surface area contributed by atoms with Crippen molar-refractivity contribution in [3.63, 3.8) is 0 Å². The molecule has 1 unspecified atom stereocenters. The van der Waals surface area contributed by atoms with Gasteiger partial charge in [-0.15, -0.1) is 0 Å². The smallest absolute Gasteiger partial charge is 0.221 e. The second-order valence-electron chi connectivity index (χ2n) is 5.93. The average Bonchev–Trinajstić information content (AvgIpc) is 2.94. The number of fused-ring (bicyclic) bond motifs is 1. The van der Waals surface area contributed by atoms with Gasteiger partial charge in [0.25, 0.3) is 0 Å². The summed E-state index contributed by atoms with van der Waals surface area (Å²) >= 11 is 12.1. The number of aliphatic hydroxyl groups excluding tert-OH is 1. The Labute approximate surface area is 152 Å². The van der Waals surface area contributed by atoms with Crippen molar-refractivity contribution in [3.8, 4) is 0 Å². The molecule has 24 heavy (non-hydrogen) atoms. The third-order valence-corrected chi connectivity index (χ3v) is 4.85. The van der Waals surface area contributed by atoms with Gasteiger partial charge in [-0.25, -0.2) is 0 Å². The monoisotopic (exact) mass is 367 g/mol. The van der Waals surface area contributed by atoms with Crippen LogP contribution in [0.4, 0.5) is 0 Å². The molecular weight excluding hydrogens is 348 g/mol. The van der Waals surface area contributed by atoms with Crippen LogP contribution in [0.1, 0.15) is 11.1 Å². The molecule has 1 aromatic carbocycles. The Hall–Kier alpha value is -1.63. The number of aliphatic hydroxyl groups is 1. The quantitative estimate of drug-likeness (QED) is 0.529. The topological polar surface area (TPSA) is 92.6 Å². The zero-order valence-corrected chi connectivity index (χ0v) is 14.9. The van der Waals surface area contributed by atoms with E-state index in [9.17, 15) is 9.90 Å². The highest BCUT2D eigenvalue weighted by Gasteiger charge is 2.30. The average molecular weight is 368 g/mol. The minimum absolute atomic E-state index is 0.0420. The Balaban J connectivity index is 2.00. The maximum absolute atomic E-state index is 12.6. The molecule has 5 N–H and O–H groups in total. The van der Waals surface area contributed by atoms with Gasteiger partial charge >= 0.3 is 0 Å².